The summed E-state index contributed by atoms with van der Waals surface area (Å²) < 4.78 is 24.6. The molecule has 1 amide bonds. The predicted octanol–water partition coefficient (Wildman–Crippen LogP) is -3.50. The van der Waals surface area contributed by atoms with Crippen LogP contribution in [0.15, 0.2) is 0 Å². The number of amides is 1. The number of primary amides is 1. The molecule has 0 aromatic rings. The second-order valence-electron chi connectivity index (χ2n) is 6.62. The zero-order chi connectivity index (χ0) is 28.4. The van der Waals surface area contributed by atoms with Crippen LogP contribution >= 0.6 is 7.82 Å². The monoisotopic (exact) mass is 595 g/mol. The Kier molecular flexibility index (Phi) is 34.3. The van der Waals surface area contributed by atoms with Gasteiger partial charge >= 0.3 is 71.1 Å². The third kappa shape index (κ3) is 40.5. The van der Waals surface area contributed by atoms with Crippen molar-refractivity contribution in [3.63, 3.8) is 0 Å². The molecule has 0 bridgehead atoms. The third-order valence-electron chi connectivity index (χ3n) is 3.34. The average molecular weight is 596 g/mol. The molecule has 0 saturated heterocycles. The number of hydrogen-bond donors (Lipinski definition) is 1. The molecule has 0 heterocycles. The zero-order valence-electron chi connectivity index (χ0n) is 22.5. The van der Waals surface area contributed by atoms with E-state index in [1.165, 1.54) is 6.92 Å². The molecule has 0 radical (unpaired) electrons. The number of carbonyl (C=O) groups is 3. The Morgan fingerprint density at radius 3 is 1.87 bits per heavy atom. The molecule has 0 rings (SSSR count). The first-order chi connectivity index (χ1) is 17.5. The van der Waals surface area contributed by atoms with Crippen LogP contribution in [0.25, 0.3) is 0 Å². The van der Waals surface area contributed by atoms with Gasteiger partial charge in [0, 0.05) is 35.0 Å². The molecule has 0 aromatic heterocycles. The van der Waals surface area contributed by atoms with Gasteiger partial charge < -0.3 is 34.1 Å². The van der Waals surface area contributed by atoms with Gasteiger partial charge in [-0.05, 0) is 65.6 Å². The summed E-state index contributed by atoms with van der Waals surface area (Å²) in [5.41, 5.74) is 4.47. The standard InChI is InChI=1S/C24H23O8P.C2H5NO.2Na.11H2/c1-3-5-7-9-10-11-12-13-15-16-18-23(25)30-20-22(21-31-33(27,28)29)32-24(26)19-17-14-8-6-4-2;1-2(3)4;;;;;;;;;;;;;/h1,22H,4,6,8,14,17,19-21H2,2H3,(H2,27,28,29);1H3,(H2,3,4);;;11*1H/q;;2*+1;;;;;;;;;;;/p-2/t22-;;;;;;;;;;;;;;/m0............../s1. The van der Waals surface area contributed by atoms with Crippen LogP contribution in [0.2, 0.25) is 0 Å². The number of nitrogens with two attached hydrogens (primary N) is 1. The zero-order valence-corrected chi connectivity index (χ0v) is 27.4. The van der Waals surface area contributed by atoms with Gasteiger partial charge in [0.25, 0.3) is 0 Å². The van der Waals surface area contributed by atoms with Crippen molar-refractivity contribution < 1.29 is 118 Å². The first-order valence-corrected chi connectivity index (χ1v) is 12.2. The summed E-state index contributed by atoms with van der Waals surface area (Å²) in [4.78, 5) is 54.1. The quantitative estimate of drug-likeness (QED) is 0.0601. The molecule has 0 aliphatic carbocycles. The van der Waals surface area contributed by atoms with Gasteiger partial charge in [-0.1, -0.05) is 32.6 Å². The summed E-state index contributed by atoms with van der Waals surface area (Å²) in [6.45, 7) is 2.03. The predicted molar refractivity (Wildman–Crippen MR) is 154 cm³/mol. The largest absolute Gasteiger partial charge is 1.00 e. The van der Waals surface area contributed by atoms with E-state index in [1.807, 2.05) is 5.92 Å². The van der Waals surface area contributed by atoms with Crippen molar-refractivity contribution in [3.05, 3.63) is 0 Å². The van der Waals surface area contributed by atoms with E-state index in [0.717, 1.165) is 25.7 Å². The molecule has 0 aromatic carbocycles. The van der Waals surface area contributed by atoms with Crippen LogP contribution in [0, 0.1) is 71.5 Å². The molecule has 0 aliphatic rings. The van der Waals surface area contributed by atoms with Gasteiger partial charge in [0.15, 0.2) is 6.10 Å². The Balaban J connectivity index is -0.0000000524. The average Bonchev–Trinajstić information content (AvgIpc) is 2.81. The van der Waals surface area contributed by atoms with Crippen molar-refractivity contribution >= 4 is 25.7 Å². The van der Waals surface area contributed by atoms with E-state index in [0.29, 0.717) is 6.42 Å². The first-order valence-electron chi connectivity index (χ1n) is 10.8. The maximum atomic E-state index is 11.9. The van der Waals surface area contributed by atoms with Gasteiger partial charge in [0.2, 0.25) is 5.91 Å². The fourth-order valence-corrected chi connectivity index (χ4v) is 2.30. The molecular formula is C26H48NNa2O9P. The van der Waals surface area contributed by atoms with Crippen molar-refractivity contribution in [3.8, 4) is 71.5 Å². The topological polar surface area (TPSA) is 168 Å². The maximum Gasteiger partial charge on any atom is 1.00 e. The Labute approximate surface area is 290 Å². The van der Waals surface area contributed by atoms with Gasteiger partial charge in [-0.3, -0.25) is 9.59 Å². The molecule has 1 atom stereocenters. The number of unbranched alkanes of at least 4 members (excludes halogenated alkanes) is 4. The molecule has 0 spiro atoms. The van der Waals surface area contributed by atoms with Gasteiger partial charge in [-0.15, -0.1) is 6.42 Å². The third-order valence-corrected chi connectivity index (χ3v) is 3.80. The van der Waals surface area contributed by atoms with Gasteiger partial charge in [0.1, 0.15) is 6.61 Å². The van der Waals surface area contributed by atoms with Gasteiger partial charge in [-0.25, -0.2) is 4.79 Å². The Bertz CT molecular complexity index is 1200. The molecule has 10 nitrogen and oxygen atoms in total. The minimum atomic E-state index is -5.30. The van der Waals surface area contributed by atoms with E-state index in [4.69, 9.17) is 15.9 Å². The van der Waals surface area contributed by atoms with Crippen LogP contribution < -0.4 is 74.6 Å². The molecule has 39 heavy (non-hydrogen) atoms. The molecule has 0 aliphatic heterocycles. The van der Waals surface area contributed by atoms with E-state index in [-0.39, 0.29) is 87.1 Å². The van der Waals surface area contributed by atoms with Crippen molar-refractivity contribution in [1.82, 2.24) is 0 Å². The van der Waals surface area contributed by atoms with Crippen LogP contribution in [0.3, 0.4) is 0 Å². The fourth-order valence-electron chi connectivity index (χ4n) is 1.95. The summed E-state index contributed by atoms with van der Waals surface area (Å²) in [6.07, 6.45) is 8.22. The van der Waals surface area contributed by atoms with E-state index < -0.39 is 39.1 Å². The van der Waals surface area contributed by atoms with Crippen LogP contribution in [-0.2, 0) is 32.9 Å². The molecule has 0 saturated carbocycles. The number of hydrogen-bond acceptors (Lipinski definition) is 9. The normalized spacial score (nSPS) is 8.90. The van der Waals surface area contributed by atoms with E-state index in [9.17, 15) is 28.7 Å². The Morgan fingerprint density at radius 1 is 0.897 bits per heavy atom. The van der Waals surface area contributed by atoms with Crippen LogP contribution in [-0.4, -0.2) is 37.2 Å². The van der Waals surface area contributed by atoms with Crippen LogP contribution in [0.5, 0.6) is 0 Å². The number of esters is 2. The second kappa shape index (κ2) is 30.4. The number of carbonyl (C=O) groups excluding carboxylic acids is 3. The van der Waals surface area contributed by atoms with Gasteiger partial charge in [0.05, 0.1) is 14.4 Å². The number of phosphoric ester groups is 1. The van der Waals surface area contributed by atoms with Crippen molar-refractivity contribution in [2.45, 2.75) is 58.5 Å². The second-order valence-corrected chi connectivity index (χ2v) is 7.78. The summed E-state index contributed by atoms with van der Waals surface area (Å²) in [5.74, 6) is 23.0. The maximum absolute atomic E-state index is 11.9. The number of phosphoric acid groups is 1. The Morgan fingerprint density at radius 2 is 1.38 bits per heavy atom. The minimum absolute atomic E-state index is 0. The molecule has 0 fully saturated rings. The summed E-state index contributed by atoms with van der Waals surface area (Å²) in [5, 5.41) is 0. The van der Waals surface area contributed by atoms with Crippen molar-refractivity contribution in [1.29, 1.82) is 0 Å². The number of terminal acetylenes is 1. The molecule has 0 unspecified atom stereocenters. The minimum Gasteiger partial charge on any atom is -0.790 e. The number of rotatable bonds is 12. The van der Waals surface area contributed by atoms with E-state index in [1.54, 1.807) is 0 Å². The fraction of sp³-hybridized carbons (Fsp3) is 0.423. The summed E-state index contributed by atoms with van der Waals surface area (Å²) in [6, 6.07) is 0. The van der Waals surface area contributed by atoms with Crippen molar-refractivity contribution in [2.75, 3.05) is 13.2 Å². The molecule has 13 heteroatoms. The van der Waals surface area contributed by atoms with Gasteiger partial charge in [-0.2, -0.15) is 0 Å². The smallest absolute Gasteiger partial charge is 0.790 e. The van der Waals surface area contributed by atoms with E-state index >= 15 is 0 Å². The Hall–Kier alpha value is -2.12. The first kappa shape index (κ1) is 43.9. The van der Waals surface area contributed by atoms with Crippen LogP contribution in [0.4, 0.5) is 0 Å². The van der Waals surface area contributed by atoms with E-state index in [2.05, 4.69) is 76.4 Å². The molecule has 2 N–H and O–H groups in total. The van der Waals surface area contributed by atoms with Crippen LogP contribution in [0.1, 0.15) is 68.1 Å². The SMILES string of the molecule is C#CC#CC#CC#CC#CC#CC(=O)OC[C@@H](COP(=O)([O-])[O-])OC(=O)CCCCCCC.CC(N)=O.[HH].[HH].[HH].[HH].[HH].[HH].[HH].[HH].[HH].[HH].[HH].[Na+].[Na+]. The van der Waals surface area contributed by atoms with Crippen molar-refractivity contribution in [2.24, 2.45) is 5.73 Å². The summed E-state index contributed by atoms with van der Waals surface area (Å²) in [7, 11) is -5.30. The summed E-state index contributed by atoms with van der Waals surface area (Å²) >= 11 is 0. The molecule has 218 valence electrons. The number of ether oxygens (including phenoxy) is 2. The molecular weight excluding hydrogens is 547 g/mol.